The first-order valence-corrected chi connectivity index (χ1v) is 3.90. The number of aromatic carboxylic acids is 1. The molecular formula is C9H14N2O2. The monoisotopic (exact) mass is 182 g/mol. The molecule has 0 amide bonds. The van der Waals surface area contributed by atoms with Crippen molar-refractivity contribution in [2.45, 2.75) is 6.92 Å². The minimum absolute atomic E-state index is 0.259. The lowest BCUT2D eigenvalue weighted by atomic mass is 10.2. The molecule has 0 saturated carbocycles. The van der Waals surface area contributed by atoms with Crippen LogP contribution in [0.25, 0.3) is 0 Å². The van der Waals surface area contributed by atoms with Crippen LogP contribution in [-0.4, -0.2) is 17.6 Å². The summed E-state index contributed by atoms with van der Waals surface area (Å²) >= 11 is 0. The van der Waals surface area contributed by atoms with Crippen molar-refractivity contribution in [1.82, 2.24) is 0 Å². The van der Waals surface area contributed by atoms with Gasteiger partial charge in [-0.1, -0.05) is 6.92 Å². The first-order chi connectivity index (χ1) is 6.11. The number of nitrogen functional groups attached to an aromatic ring is 1. The van der Waals surface area contributed by atoms with Crippen molar-refractivity contribution in [3.63, 3.8) is 0 Å². The molecule has 1 rings (SSSR count). The molecule has 0 aliphatic heterocycles. The van der Waals surface area contributed by atoms with E-state index in [0.29, 0.717) is 5.69 Å². The zero-order valence-corrected chi connectivity index (χ0v) is 7.53. The third-order valence-electron chi connectivity index (χ3n) is 1.16. The number of benzene rings is 1. The van der Waals surface area contributed by atoms with Gasteiger partial charge >= 0.3 is 5.97 Å². The summed E-state index contributed by atoms with van der Waals surface area (Å²) in [6, 6.07) is 6.06. The van der Waals surface area contributed by atoms with E-state index in [1.54, 1.807) is 12.1 Å². The maximum atomic E-state index is 10.3. The van der Waals surface area contributed by atoms with Crippen molar-refractivity contribution in [2.24, 2.45) is 5.73 Å². The van der Waals surface area contributed by atoms with Crippen LogP contribution in [0.1, 0.15) is 17.3 Å². The van der Waals surface area contributed by atoms with Crippen LogP contribution in [0, 0.1) is 0 Å². The summed E-state index contributed by atoms with van der Waals surface area (Å²) in [4.78, 5) is 10.3. The van der Waals surface area contributed by atoms with E-state index in [0.717, 1.165) is 6.54 Å². The van der Waals surface area contributed by atoms with E-state index in [1.807, 2.05) is 6.92 Å². The van der Waals surface area contributed by atoms with Crippen LogP contribution in [-0.2, 0) is 0 Å². The van der Waals surface area contributed by atoms with Crippen LogP contribution < -0.4 is 11.5 Å². The highest BCUT2D eigenvalue weighted by Crippen LogP contribution is 2.04. The van der Waals surface area contributed by atoms with Gasteiger partial charge in [-0.2, -0.15) is 0 Å². The van der Waals surface area contributed by atoms with Gasteiger partial charge in [-0.05, 0) is 30.8 Å². The second-order valence-corrected chi connectivity index (χ2v) is 2.34. The molecule has 0 radical (unpaired) electrons. The quantitative estimate of drug-likeness (QED) is 0.563. The Morgan fingerprint density at radius 3 is 2.08 bits per heavy atom. The number of rotatable bonds is 1. The minimum Gasteiger partial charge on any atom is -0.478 e. The van der Waals surface area contributed by atoms with Gasteiger partial charge in [-0.15, -0.1) is 0 Å². The summed E-state index contributed by atoms with van der Waals surface area (Å²) in [6.45, 7) is 2.65. The van der Waals surface area contributed by atoms with E-state index in [2.05, 4.69) is 0 Å². The standard InChI is InChI=1S/C7H7NO2.C2H7N/c8-6-3-1-5(2-4-6)7(9)10;1-2-3/h1-4H,8H2,(H,9,10);2-3H2,1H3. The predicted molar refractivity (Wildman–Crippen MR) is 52.5 cm³/mol. The molecule has 0 fully saturated rings. The third-order valence-corrected chi connectivity index (χ3v) is 1.16. The van der Waals surface area contributed by atoms with Crippen LogP contribution >= 0.6 is 0 Å². The van der Waals surface area contributed by atoms with Crippen molar-refractivity contribution in [3.8, 4) is 0 Å². The molecule has 1 aromatic rings. The minimum atomic E-state index is -0.931. The summed E-state index contributed by atoms with van der Waals surface area (Å²) in [7, 11) is 0. The van der Waals surface area contributed by atoms with Gasteiger partial charge in [0.1, 0.15) is 0 Å². The zero-order valence-electron chi connectivity index (χ0n) is 7.53. The Morgan fingerprint density at radius 1 is 1.38 bits per heavy atom. The Bertz CT molecular complexity index is 257. The number of carboxylic acid groups (broad SMARTS) is 1. The van der Waals surface area contributed by atoms with Gasteiger partial charge < -0.3 is 16.6 Å². The second kappa shape index (κ2) is 6.02. The largest absolute Gasteiger partial charge is 0.478 e. The number of anilines is 1. The number of hydrogen-bond acceptors (Lipinski definition) is 3. The van der Waals surface area contributed by atoms with Gasteiger partial charge in [-0.25, -0.2) is 4.79 Å². The van der Waals surface area contributed by atoms with Crippen molar-refractivity contribution in [1.29, 1.82) is 0 Å². The summed E-state index contributed by atoms with van der Waals surface area (Å²) < 4.78 is 0. The lowest BCUT2D eigenvalue weighted by molar-refractivity contribution is 0.0697. The number of carbonyl (C=O) groups is 1. The number of nitrogens with two attached hydrogens (primary N) is 2. The molecule has 0 aliphatic rings. The molecule has 1 aromatic carbocycles. The van der Waals surface area contributed by atoms with Gasteiger partial charge in [0.05, 0.1) is 5.56 Å². The van der Waals surface area contributed by atoms with Gasteiger partial charge in [0.25, 0.3) is 0 Å². The molecule has 0 aliphatic carbocycles. The third kappa shape index (κ3) is 4.81. The van der Waals surface area contributed by atoms with Crippen molar-refractivity contribution in [2.75, 3.05) is 12.3 Å². The Labute approximate surface area is 77.2 Å². The Balaban J connectivity index is 0.000000424. The first-order valence-electron chi connectivity index (χ1n) is 3.90. The highest BCUT2D eigenvalue weighted by Gasteiger charge is 1.98. The molecular weight excluding hydrogens is 168 g/mol. The van der Waals surface area contributed by atoms with Gasteiger partial charge in [0.2, 0.25) is 0 Å². The van der Waals surface area contributed by atoms with E-state index < -0.39 is 5.97 Å². The number of hydrogen-bond donors (Lipinski definition) is 3. The van der Waals surface area contributed by atoms with Crippen molar-refractivity contribution < 1.29 is 9.90 Å². The molecule has 0 heterocycles. The fourth-order valence-corrected chi connectivity index (χ4v) is 0.626. The SMILES string of the molecule is CCN.Nc1ccc(C(=O)O)cc1. The molecule has 0 unspecified atom stereocenters. The average Bonchev–Trinajstić information content (AvgIpc) is 2.06. The summed E-state index contributed by atoms with van der Waals surface area (Å²) in [5.41, 5.74) is 11.0. The summed E-state index contributed by atoms with van der Waals surface area (Å²) in [5, 5.41) is 8.43. The maximum Gasteiger partial charge on any atom is 0.335 e. The van der Waals surface area contributed by atoms with Crippen LogP contribution in [0.3, 0.4) is 0 Å². The topological polar surface area (TPSA) is 89.3 Å². The maximum absolute atomic E-state index is 10.3. The molecule has 0 saturated heterocycles. The number of carboxylic acids is 1. The summed E-state index contributed by atoms with van der Waals surface area (Å²) in [6.07, 6.45) is 0. The normalized spacial score (nSPS) is 8.46. The zero-order chi connectivity index (χ0) is 10.3. The van der Waals surface area contributed by atoms with Crippen LogP contribution in [0.5, 0.6) is 0 Å². The van der Waals surface area contributed by atoms with Gasteiger partial charge in [-0.3, -0.25) is 0 Å². The van der Waals surface area contributed by atoms with E-state index in [-0.39, 0.29) is 5.56 Å². The molecule has 0 spiro atoms. The molecule has 13 heavy (non-hydrogen) atoms. The lowest BCUT2D eigenvalue weighted by Gasteiger charge is -1.93. The van der Waals surface area contributed by atoms with E-state index in [4.69, 9.17) is 16.6 Å². The second-order valence-electron chi connectivity index (χ2n) is 2.34. The van der Waals surface area contributed by atoms with E-state index in [9.17, 15) is 4.79 Å². The fraction of sp³-hybridized carbons (Fsp3) is 0.222. The lowest BCUT2D eigenvalue weighted by Crippen LogP contribution is -1.95. The Kier molecular flexibility index (Phi) is 5.30. The molecule has 4 heteroatoms. The first kappa shape index (κ1) is 11.4. The Morgan fingerprint density at radius 2 is 1.77 bits per heavy atom. The van der Waals surface area contributed by atoms with Crippen LogP contribution in [0.4, 0.5) is 5.69 Å². The van der Waals surface area contributed by atoms with Crippen LogP contribution in [0.2, 0.25) is 0 Å². The fourth-order valence-electron chi connectivity index (χ4n) is 0.626. The summed E-state index contributed by atoms with van der Waals surface area (Å²) in [5.74, 6) is -0.931. The van der Waals surface area contributed by atoms with Crippen molar-refractivity contribution >= 4 is 11.7 Å². The predicted octanol–water partition coefficient (Wildman–Crippen LogP) is 0.932. The Hall–Kier alpha value is -1.55. The van der Waals surface area contributed by atoms with Gasteiger partial charge in [0.15, 0.2) is 0 Å². The molecule has 0 bridgehead atoms. The van der Waals surface area contributed by atoms with E-state index in [1.165, 1.54) is 12.1 Å². The van der Waals surface area contributed by atoms with Crippen LogP contribution in [0.15, 0.2) is 24.3 Å². The highest BCUT2D eigenvalue weighted by atomic mass is 16.4. The average molecular weight is 182 g/mol. The molecule has 72 valence electrons. The van der Waals surface area contributed by atoms with Gasteiger partial charge in [0, 0.05) is 5.69 Å². The molecule has 0 aromatic heterocycles. The van der Waals surface area contributed by atoms with E-state index >= 15 is 0 Å². The molecule has 5 N–H and O–H groups in total. The van der Waals surface area contributed by atoms with Crippen molar-refractivity contribution in [3.05, 3.63) is 29.8 Å². The highest BCUT2D eigenvalue weighted by molar-refractivity contribution is 5.87. The smallest absolute Gasteiger partial charge is 0.335 e. The molecule has 0 atom stereocenters. The molecule has 4 nitrogen and oxygen atoms in total.